The predicted octanol–water partition coefficient (Wildman–Crippen LogP) is 4.24. The molecule has 2 aromatic carbocycles. The second kappa shape index (κ2) is 11.1. The molecule has 0 saturated heterocycles. The zero-order valence-corrected chi connectivity index (χ0v) is 20.0. The number of rotatable bonds is 7. The normalized spacial score (nSPS) is 10.7. The molecule has 0 fully saturated rings. The van der Waals surface area contributed by atoms with Gasteiger partial charge in [0, 0.05) is 16.9 Å². The largest absolute Gasteiger partial charge is 0.444 e. The molecule has 182 valence electrons. The number of alkyl carbamates (subject to hydrolysis) is 1. The molecule has 0 spiro atoms. The zero-order valence-electron chi connectivity index (χ0n) is 20.0. The lowest BCUT2D eigenvalue weighted by Gasteiger charge is -2.19. The van der Waals surface area contributed by atoms with Gasteiger partial charge in [-0.3, -0.25) is 9.59 Å². The summed E-state index contributed by atoms with van der Waals surface area (Å²) in [7, 11) is 0. The molecular weight excluding hydrogens is 448 g/mol. The number of ether oxygens (including phenoxy) is 1. The molecule has 35 heavy (non-hydrogen) atoms. The number of nitrogens with zero attached hydrogens (tertiary/aromatic N) is 2. The zero-order chi connectivity index (χ0) is 25.4. The molecule has 0 aliphatic rings. The van der Waals surface area contributed by atoms with E-state index in [9.17, 15) is 14.4 Å². The molecule has 0 saturated carbocycles. The molecule has 0 unspecified atom stereocenters. The van der Waals surface area contributed by atoms with Gasteiger partial charge in [-0.25, -0.2) is 14.8 Å². The lowest BCUT2D eigenvalue weighted by molar-refractivity contribution is -0.115. The average Bonchev–Trinajstić information content (AvgIpc) is 2.78. The van der Waals surface area contributed by atoms with E-state index >= 15 is 0 Å². The van der Waals surface area contributed by atoms with Crippen LogP contribution in [0.1, 0.15) is 36.7 Å². The van der Waals surface area contributed by atoms with E-state index in [1.54, 1.807) is 57.2 Å². The Morgan fingerprint density at radius 3 is 2.26 bits per heavy atom. The third-order valence-corrected chi connectivity index (χ3v) is 4.49. The summed E-state index contributed by atoms with van der Waals surface area (Å²) in [5.41, 5.74) is 2.43. The van der Waals surface area contributed by atoms with Gasteiger partial charge in [-0.2, -0.15) is 0 Å². The Hall–Kier alpha value is -4.47. The van der Waals surface area contributed by atoms with Gasteiger partial charge in [0.15, 0.2) is 0 Å². The highest BCUT2D eigenvalue weighted by Gasteiger charge is 2.16. The van der Waals surface area contributed by atoms with E-state index in [-0.39, 0.29) is 12.5 Å². The average molecular weight is 477 g/mol. The van der Waals surface area contributed by atoms with E-state index in [2.05, 4.69) is 31.2 Å². The van der Waals surface area contributed by atoms with Gasteiger partial charge in [-0.1, -0.05) is 24.3 Å². The van der Waals surface area contributed by atoms with Crippen molar-refractivity contribution in [2.45, 2.75) is 33.3 Å². The summed E-state index contributed by atoms with van der Waals surface area (Å²) in [5, 5.41) is 10.9. The third-order valence-electron chi connectivity index (χ3n) is 4.49. The van der Waals surface area contributed by atoms with E-state index in [4.69, 9.17) is 4.74 Å². The summed E-state index contributed by atoms with van der Waals surface area (Å²) in [4.78, 5) is 44.7. The highest BCUT2D eigenvalue weighted by Crippen LogP contribution is 2.19. The minimum Gasteiger partial charge on any atom is -0.444 e. The molecule has 4 N–H and O–H groups in total. The third kappa shape index (κ3) is 8.11. The van der Waals surface area contributed by atoms with Crippen LogP contribution in [0.4, 0.5) is 27.8 Å². The first-order valence-corrected chi connectivity index (χ1v) is 10.9. The topological polar surface area (TPSA) is 134 Å². The van der Waals surface area contributed by atoms with Crippen molar-refractivity contribution in [3.63, 3.8) is 0 Å². The highest BCUT2D eigenvalue weighted by atomic mass is 16.6. The quantitative estimate of drug-likeness (QED) is 0.401. The number of hydrogen-bond donors (Lipinski definition) is 4. The molecular formula is C25H28N6O4. The molecule has 3 rings (SSSR count). The van der Waals surface area contributed by atoms with Crippen molar-refractivity contribution in [1.82, 2.24) is 15.3 Å². The molecule has 0 atom stereocenters. The Kier molecular flexibility index (Phi) is 7.98. The van der Waals surface area contributed by atoms with Gasteiger partial charge < -0.3 is 26.0 Å². The van der Waals surface area contributed by atoms with E-state index in [0.29, 0.717) is 28.6 Å². The van der Waals surface area contributed by atoms with Crippen molar-refractivity contribution >= 4 is 40.9 Å². The van der Waals surface area contributed by atoms with Crippen molar-refractivity contribution in [2.24, 2.45) is 0 Å². The Bertz CT molecular complexity index is 1210. The first kappa shape index (κ1) is 25.2. The molecule has 1 aromatic heterocycles. The number of hydrogen-bond acceptors (Lipinski definition) is 7. The smallest absolute Gasteiger partial charge is 0.408 e. The number of benzene rings is 2. The first-order valence-electron chi connectivity index (χ1n) is 10.9. The van der Waals surface area contributed by atoms with E-state index in [1.165, 1.54) is 12.4 Å². The van der Waals surface area contributed by atoms with Crippen LogP contribution in [-0.2, 0) is 9.53 Å². The summed E-state index contributed by atoms with van der Waals surface area (Å²) >= 11 is 0. The van der Waals surface area contributed by atoms with Crippen molar-refractivity contribution in [1.29, 1.82) is 0 Å². The van der Waals surface area contributed by atoms with Gasteiger partial charge in [0.25, 0.3) is 5.91 Å². The van der Waals surface area contributed by atoms with Crippen LogP contribution in [-0.4, -0.2) is 40.0 Å². The number of carbonyl (C=O) groups excluding carboxylic acids is 3. The van der Waals surface area contributed by atoms with Crippen LogP contribution < -0.4 is 21.3 Å². The molecule has 10 heteroatoms. The lowest BCUT2D eigenvalue weighted by atomic mass is 10.1. The Balaban J connectivity index is 1.53. The Morgan fingerprint density at radius 1 is 0.886 bits per heavy atom. The van der Waals surface area contributed by atoms with Crippen molar-refractivity contribution in [3.8, 4) is 0 Å². The molecule has 0 radical (unpaired) electrons. The van der Waals surface area contributed by atoms with Gasteiger partial charge in [0.05, 0.1) is 18.1 Å². The molecule has 3 aromatic rings. The summed E-state index contributed by atoms with van der Waals surface area (Å²) < 4.78 is 5.10. The number of amides is 3. The van der Waals surface area contributed by atoms with Gasteiger partial charge >= 0.3 is 6.09 Å². The van der Waals surface area contributed by atoms with Crippen LogP contribution >= 0.6 is 0 Å². The number of carbonyl (C=O) groups is 3. The van der Waals surface area contributed by atoms with Crippen LogP contribution in [0.3, 0.4) is 0 Å². The minimum atomic E-state index is -0.668. The fourth-order valence-electron chi connectivity index (χ4n) is 2.96. The van der Waals surface area contributed by atoms with E-state index in [1.807, 2.05) is 19.1 Å². The SMILES string of the molecule is Cc1ccccc1C(=O)Nc1cnc(Nc2cccc(NC(=O)CNC(=O)OC(C)(C)C)c2)nc1. The summed E-state index contributed by atoms with van der Waals surface area (Å²) in [6.45, 7) is 6.86. The second-order valence-corrected chi connectivity index (χ2v) is 8.67. The maximum absolute atomic E-state index is 12.4. The lowest BCUT2D eigenvalue weighted by Crippen LogP contribution is -2.37. The van der Waals surface area contributed by atoms with Crippen molar-refractivity contribution < 1.29 is 19.1 Å². The number of aryl methyl sites for hydroxylation is 1. The highest BCUT2D eigenvalue weighted by molar-refractivity contribution is 6.05. The number of aromatic nitrogens is 2. The second-order valence-electron chi connectivity index (χ2n) is 8.67. The maximum Gasteiger partial charge on any atom is 0.408 e. The summed E-state index contributed by atoms with van der Waals surface area (Å²) in [5.74, 6) is -0.330. The fraction of sp³-hybridized carbons (Fsp3) is 0.240. The first-order chi connectivity index (χ1) is 16.6. The van der Waals surface area contributed by atoms with Crippen LogP contribution in [0.25, 0.3) is 0 Å². The summed E-state index contributed by atoms with van der Waals surface area (Å²) in [6, 6.07) is 14.2. The van der Waals surface area contributed by atoms with Gasteiger partial charge in [-0.05, 0) is 57.5 Å². The van der Waals surface area contributed by atoms with Crippen molar-refractivity contribution in [2.75, 3.05) is 22.5 Å². The number of anilines is 4. The van der Waals surface area contributed by atoms with Gasteiger partial charge in [0.2, 0.25) is 11.9 Å². The molecule has 1 heterocycles. The Labute approximate surface area is 203 Å². The van der Waals surface area contributed by atoms with E-state index < -0.39 is 17.6 Å². The van der Waals surface area contributed by atoms with E-state index in [0.717, 1.165) is 5.56 Å². The molecule has 3 amide bonds. The molecule has 0 aliphatic heterocycles. The summed E-state index contributed by atoms with van der Waals surface area (Å²) in [6.07, 6.45) is 2.33. The minimum absolute atomic E-state index is 0.231. The van der Waals surface area contributed by atoms with Crippen LogP contribution in [0, 0.1) is 6.92 Å². The molecule has 0 aliphatic carbocycles. The maximum atomic E-state index is 12.4. The van der Waals surface area contributed by atoms with Crippen LogP contribution in [0.15, 0.2) is 60.9 Å². The van der Waals surface area contributed by atoms with Gasteiger partial charge in [0.1, 0.15) is 12.1 Å². The predicted molar refractivity (Wildman–Crippen MR) is 134 cm³/mol. The van der Waals surface area contributed by atoms with Crippen LogP contribution in [0.5, 0.6) is 0 Å². The van der Waals surface area contributed by atoms with Gasteiger partial charge in [-0.15, -0.1) is 0 Å². The standard InChI is InChI=1S/C25H28N6O4/c1-16-8-5-6-11-20(16)22(33)30-19-13-26-23(27-14-19)31-18-10-7-9-17(12-18)29-21(32)15-28-24(34)35-25(2,3)4/h5-14H,15H2,1-4H3,(H,28,34)(H,29,32)(H,30,33)(H,26,27,31). The number of nitrogens with one attached hydrogen (secondary N) is 4. The fourth-order valence-corrected chi connectivity index (χ4v) is 2.96. The van der Waals surface area contributed by atoms with Crippen LogP contribution in [0.2, 0.25) is 0 Å². The Morgan fingerprint density at radius 2 is 1.57 bits per heavy atom. The van der Waals surface area contributed by atoms with Crippen molar-refractivity contribution in [3.05, 3.63) is 72.1 Å². The molecule has 10 nitrogen and oxygen atoms in total. The monoisotopic (exact) mass is 476 g/mol. The molecule has 0 bridgehead atoms.